The third-order valence-corrected chi connectivity index (χ3v) is 4.73. The first kappa shape index (κ1) is 16.6. The minimum Gasteiger partial charge on any atom is -0.454 e. The maximum atomic E-state index is 12.8. The van der Waals surface area contributed by atoms with Gasteiger partial charge in [-0.2, -0.15) is 0 Å². The van der Waals surface area contributed by atoms with E-state index in [1.165, 1.54) is 23.9 Å². The number of halogens is 1. The largest absolute Gasteiger partial charge is 0.454 e. The zero-order valence-electron chi connectivity index (χ0n) is 13.6. The van der Waals surface area contributed by atoms with Crippen molar-refractivity contribution in [3.05, 3.63) is 63.7 Å². The van der Waals surface area contributed by atoms with E-state index in [0.717, 1.165) is 10.7 Å². The van der Waals surface area contributed by atoms with E-state index in [1.807, 2.05) is 12.3 Å². The Kier molecular flexibility index (Phi) is 4.36. The quantitative estimate of drug-likeness (QED) is 0.486. The third-order valence-electron chi connectivity index (χ3n) is 3.56. The van der Waals surface area contributed by atoms with Gasteiger partial charge in [0.1, 0.15) is 22.8 Å². The molecule has 9 heteroatoms. The maximum Gasteiger partial charge on any atom is 0.173 e. The van der Waals surface area contributed by atoms with Crippen LogP contribution in [0, 0.1) is 6.92 Å². The molecule has 0 aliphatic carbocycles. The second-order valence-electron chi connectivity index (χ2n) is 5.57. The molecule has 130 valence electrons. The Labute approximate surface area is 157 Å². The number of ketones is 1. The number of aromatic nitrogens is 5. The van der Waals surface area contributed by atoms with E-state index in [2.05, 4.69) is 20.2 Å². The molecule has 0 aliphatic heterocycles. The van der Waals surface area contributed by atoms with Crippen LogP contribution in [0.1, 0.15) is 21.1 Å². The molecule has 0 fully saturated rings. The van der Waals surface area contributed by atoms with Crippen molar-refractivity contribution in [3.8, 4) is 11.5 Å². The molecule has 26 heavy (non-hydrogen) atoms. The van der Waals surface area contributed by atoms with E-state index >= 15 is 0 Å². The van der Waals surface area contributed by atoms with Crippen LogP contribution in [0.2, 0.25) is 5.02 Å². The lowest BCUT2D eigenvalue weighted by atomic mass is 10.1. The molecule has 0 amide bonds. The number of carbonyl (C=O) groups is 1. The first-order valence-electron chi connectivity index (χ1n) is 7.64. The Morgan fingerprint density at radius 2 is 2.19 bits per heavy atom. The molecule has 0 unspecified atom stereocenters. The minimum absolute atomic E-state index is 0.105. The van der Waals surface area contributed by atoms with Crippen molar-refractivity contribution in [2.75, 3.05) is 0 Å². The summed E-state index contributed by atoms with van der Waals surface area (Å²) in [7, 11) is 0. The molecule has 0 aliphatic rings. The van der Waals surface area contributed by atoms with E-state index in [9.17, 15) is 4.79 Å². The van der Waals surface area contributed by atoms with Gasteiger partial charge in [0, 0.05) is 23.3 Å². The molecule has 7 nitrogen and oxygen atoms in total. The molecule has 0 saturated carbocycles. The predicted molar refractivity (Wildman–Crippen MR) is 97.2 cm³/mol. The third kappa shape index (κ3) is 3.42. The molecule has 4 rings (SSSR count). The van der Waals surface area contributed by atoms with E-state index in [4.69, 9.17) is 16.3 Å². The van der Waals surface area contributed by atoms with Crippen molar-refractivity contribution in [2.24, 2.45) is 0 Å². The summed E-state index contributed by atoms with van der Waals surface area (Å²) in [5, 5.41) is 11.1. The van der Waals surface area contributed by atoms with Crippen LogP contribution < -0.4 is 4.74 Å². The zero-order valence-corrected chi connectivity index (χ0v) is 15.2. The highest BCUT2D eigenvalue weighted by atomic mass is 35.5. The smallest absolute Gasteiger partial charge is 0.173 e. The van der Waals surface area contributed by atoms with Gasteiger partial charge in [0.15, 0.2) is 11.4 Å². The molecule has 4 aromatic rings. The van der Waals surface area contributed by atoms with Crippen LogP contribution in [0.15, 0.2) is 42.4 Å². The van der Waals surface area contributed by atoms with Crippen LogP contribution >= 0.6 is 22.9 Å². The molecular formula is C17H12ClN5O2S. The fraction of sp³-hybridized carbons (Fsp3) is 0.118. The van der Waals surface area contributed by atoms with Crippen molar-refractivity contribution < 1.29 is 9.53 Å². The standard InChI is InChI=1S/C17H12ClN5O2S/c1-10-8-26-16(21-10)4-15(24)14-3-13(7-23-9-20-22-17(14)23)25-12-2-11(18)5-19-6-12/h2-3,5-9H,4H2,1H3. The van der Waals surface area contributed by atoms with Crippen molar-refractivity contribution >= 4 is 34.4 Å². The summed E-state index contributed by atoms with van der Waals surface area (Å²) >= 11 is 7.39. The number of ether oxygens (including phenoxy) is 1. The Bertz CT molecular complexity index is 1110. The second-order valence-corrected chi connectivity index (χ2v) is 6.95. The van der Waals surface area contributed by atoms with Crippen molar-refractivity contribution in [1.29, 1.82) is 0 Å². The molecule has 0 radical (unpaired) electrons. The second kappa shape index (κ2) is 6.81. The van der Waals surface area contributed by atoms with Crippen LogP contribution in [0.4, 0.5) is 0 Å². The Balaban J connectivity index is 1.69. The van der Waals surface area contributed by atoms with Gasteiger partial charge in [0.2, 0.25) is 0 Å². The number of rotatable bonds is 5. The zero-order chi connectivity index (χ0) is 18.1. The lowest BCUT2D eigenvalue weighted by Gasteiger charge is -2.08. The number of pyridine rings is 2. The van der Waals surface area contributed by atoms with Gasteiger partial charge in [0.05, 0.1) is 29.4 Å². The summed E-state index contributed by atoms with van der Waals surface area (Å²) in [4.78, 5) is 21.1. The van der Waals surface area contributed by atoms with Gasteiger partial charge >= 0.3 is 0 Å². The van der Waals surface area contributed by atoms with E-state index in [0.29, 0.717) is 27.7 Å². The summed E-state index contributed by atoms with van der Waals surface area (Å²) in [6.07, 6.45) is 6.47. The summed E-state index contributed by atoms with van der Waals surface area (Å²) in [6, 6.07) is 3.29. The number of Topliss-reactive ketones (excluding diaryl/α,β-unsaturated/α-hetero) is 1. The number of thiazole rings is 1. The molecule has 0 spiro atoms. The first-order valence-corrected chi connectivity index (χ1v) is 8.90. The van der Waals surface area contributed by atoms with E-state index in [-0.39, 0.29) is 12.2 Å². The number of fused-ring (bicyclic) bond motifs is 1. The summed E-state index contributed by atoms with van der Waals surface area (Å²) in [5.41, 5.74) is 1.79. The van der Waals surface area contributed by atoms with Crippen LogP contribution in [-0.4, -0.2) is 30.3 Å². The summed E-state index contributed by atoms with van der Waals surface area (Å²) in [6.45, 7) is 1.90. The Morgan fingerprint density at radius 1 is 1.31 bits per heavy atom. The number of hydrogen-bond acceptors (Lipinski definition) is 7. The molecular weight excluding hydrogens is 374 g/mol. The van der Waals surface area contributed by atoms with Gasteiger partial charge in [-0.25, -0.2) is 4.98 Å². The Morgan fingerprint density at radius 3 is 2.96 bits per heavy atom. The number of aryl methyl sites for hydroxylation is 1. The fourth-order valence-electron chi connectivity index (χ4n) is 2.47. The lowest BCUT2D eigenvalue weighted by Crippen LogP contribution is -2.07. The first-order chi connectivity index (χ1) is 12.6. The molecule has 0 saturated heterocycles. The predicted octanol–water partition coefficient (Wildman–Crippen LogP) is 3.76. The van der Waals surface area contributed by atoms with Gasteiger partial charge in [-0.05, 0) is 13.0 Å². The minimum atomic E-state index is -0.105. The molecule has 4 heterocycles. The average Bonchev–Trinajstić information content (AvgIpc) is 3.23. The van der Waals surface area contributed by atoms with Gasteiger partial charge in [0.25, 0.3) is 0 Å². The fourth-order valence-corrected chi connectivity index (χ4v) is 3.41. The van der Waals surface area contributed by atoms with Gasteiger partial charge in [-0.15, -0.1) is 21.5 Å². The van der Waals surface area contributed by atoms with Gasteiger partial charge < -0.3 is 4.74 Å². The van der Waals surface area contributed by atoms with Crippen molar-refractivity contribution in [2.45, 2.75) is 13.3 Å². The molecule has 4 aromatic heterocycles. The molecule has 0 N–H and O–H groups in total. The molecule has 0 bridgehead atoms. The van der Waals surface area contributed by atoms with E-state index in [1.54, 1.807) is 28.9 Å². The lowest BCUT2D eigenvalue weighted by molar-refractivity contribution is 0.0993. The molecule has 0 atom stereocenters. The highest BCUT2D eigenvalue weighted by molar-refractivity contribution is 7.09. The van der Waals surface area contributed by atoms with Crippen molar-refractivity contribution in [1.82, 2.24) is 24.6 Å². The number of nitrogens with zero attached hydrogens (tertiary/aromatic N) is 5. The molecule has 0 aromatic carbocycles. The highest BCUT2D eigenvalue weighted by Gasteiger charge is 2.17. The number of carbonyl (C=O) groups excluding carboxylic acids is 1. The van der Waals surface area contributed by atoms with Crippen LogP contribution in [0.25, 0.3) is 5.65 Å². The van der Waals surface area contributed by atoms with E-state index < -0.39 is 0 Å². The average molecular weight is 386 g/mol. The SMILES string of the molecule is Cc1csc(CC(=O)c2cc(Oc3cncc(Cl)c3)cn3cnnc23)n1. The van der Waals surface area contributed by atoms with Crippen molar-refractivity contribution in [3.63, 3.8) is 0 Å². The number of hydrogen-bond donors (Lipinski definition) is 0. The Hall–Kier alpha value is -2.84. The maximum absolute atomic E-state index is 12.8. The normalized spacial score (nSPS) is 11.0. The van der Waals surface area contributed by atoms with Crippen LogP contribution in [-0.2, 0) is 6.42 Å². The monoisotopic (exact) mass is 385 g/mol. The highest BCUT2D eigenvalue weighted by Crippen LogP contribution is 2.26. The van der Waals surface area contributed by atoms with Crippen LogP contribution in [0.5, 0.6) is 11.5 Å². The van der Waals surface area contributed by atoms with Crippen LogP contribution in [0.3, 0.4) is 0 Å². The van der Waals surface area contributed by atoms with Gasteiger partial charge in [-0.3, -0.25) is 14.2 Å². The topological polar surface area (TPSA) is 82.3 Å². The summed E-state index contributed by atoms with van der Waals surface area (Å²) < 4.78 is 7.44. The van der Waals surface area contributed by atoms with Gasteiger partial charge in [-0.1, -0.05) is 11.6 Å². The summed E-state index contributed by atoms with van der Waals surface area (Å²) in [5.74, 6) is 0.825.